The molecule has 0 aliphatic carbocycles. The third-order valence-electron chi connectivity index (χ3n) is 6.61. The molecule has 0 saturated carbocycles. The summed E-state index contributed by atoms with van der Waals surface area (Å²) in [5.41, 5.74) is 5.38. The molecule has 0 radical (unpaired) electrons. The fourth-order valence-corrected chi connectivity index (χ4v) is 4.59. The molecule has 8 nitrogen and oxygen atoms in total. The Bertz CT molecular complexity index is 1480. The Morgan fingerprint density at radius 2 is 1.75 bits per heavy atom. The van der Waals surface area contributed by atoms with Crippen LogP contribution in [-0.2, 0) is 6.54 Å². The molecule has 8 heteroatoms. The Labute approximate surface area is 208 Å². The van der Waals surface area contributed by atoms with Gasteiger partial charge in [0, 0.05) is 11.3 Å². The highest BCUT2D eigenvalue weighted by Gasteiger charge is 2.36. The first kappa shape index (κ1) is 21.9. The van der Waals surface area contributed by atoms with Crippen molar-refractivity contribution in [3.8, 4) is 22.9 Å². The van der Waals surface area contributed by atoms with E-state index in [1.807, 2.05) is 86.6 Å². The number of hydrogen-bond donors (Lipinski definition) is 1. The van der Waals surface area contributed by atoms with Crippen molar-refractivity contribution in [2.75, 3.05) is 6.79 Å². The molecule has 36 heavy (non-hydrogen) atoms. The van der Waals surface area contributed by atoms with Crippen molar-refractivity contribution in [3.05, 3.63) is 101 Å². The van der Waals surface area contributed by atoms with E-state index in [0.29, 0.717) is 29.8 Å². The van der Waals surface area contributed by atoms with Gasteiger partial charge >= 0.3 is 6.03 Å². The Morgan fingerprint density at radius 1 is 0.972 bits per heavy atom. The van der Waals surface area contributed by atoms with E-state index in [1.165, 1.54) is 0 Å². The number of fused-ring (bicyclic) bond motifs is 1. The van der Waals surface area contributed by atoms with Crippen molar-refractivity contribution < 1.29 is 18.8 Å². The van der Waals surface area contributed by atoms with E-state index >= 15 is 0 Å². The van der Waals surface area contributed by atoms with Crippen LogP contribution in [0.2, 0.25) is 0 Å². The summed E-state index contributed by atoms with van der Waals surface area (Å²) in [6, 6.07) is 22.7. The van der Waals surface area contributed by atoms with Crippen LogP contribution in [0.4, 0.5) is 4.79 Å². The maximum absolute atomic E-state index is 13.3. The molecule has 3 heterocycles. The minimum Gasteiger partial charge on any atom is -0.454 e. The van der Waals surface area contributed by atoms with Crippen molar-refractivity contribution in [3.63, 3.8) is 0 Å². The van der Waals surface area contributed by atoms with Gasteiger partial charge in [0.15, 0.2) is 11.5 Å². The standard InChI is InChI=1S/C28H24N4O4/c1-17-8-6-7-11-21(17)15-32-18(2)24(25(29-28(32)33)19-9-4-3-5-10-19)27-30-26(31-36-27)20-12-13-22-23(14-20)35-16-34-22/h3-14,25H,15-16H2,1-2H3,(H,29,33). The molecule has 0 fully saturated rings. The fraction of sp³-hybridized carbons (Fsp3) is 0.179. The number of amides is 2. The van der Waals surface area contributed by atoms with Gasteiger partial charge in [0.25, 0.3) is 5.89 Å². The summed E-state index contributed by atoms with van der Waals surface area (Å²) in [6.45, 7) is 4.59. The average molecular weight is 481 g/mol. The van der Waals surface area contributed by atoms with Gasteiger partial charge in [-0.1, -0.05) is 59.8 Å². The number of aryl methyl sites for hydroxylation is 1. The molecule has 1 unspecified atom stereocenters. The summed E-state index contributed by atoms with van der Waals surface area (Å²) in [6.07, 6.45) is 0. The van der Waals surface area contributed by atoms with E-state index in [1.54, 1.807) is 4.90 Å². The molecule has 0 spiro atoms. The summed E-state index contributed by atoms with van der Waals surface area (Å²) in [5.74, 6) is 2.11. The van der Waals surface area contributed by atoms with Crippen molar-refractivity contribution in [2.24, 2.45) is 0 Å². The number of carbonyl (C=O) groups excluding carboxylic acids is 1. The molecule has 180 valence electrons. The molecular formula is C28H24N4O4. The number of allylic oxidation sites excluding steroid dienone is 1. The van der Waals surface area contributed by atoms with Gasteiger partial charge in [0.05, 0.1) is 18.2 Å². The van der Waals surface area contributed by atoms with Gasteiger partial charge in [-0.15, -0.1) is 0 Å². The van der Waals surface area contributed by atoms with Crippen LogP contribution in [0.25, 0.3) is 17.0 Å². The molecule has 2 aliphatic rings. The van der Waals surface area contributed by atoms with Crippen molar-refractivity contribution in [1.29, 1.82) is 0 Å². The normalized spacial score (nSPS) is 16.9. The van der Waals surface area contributed by atoms with E-state index in [4.69, 9.17) is 19.0 Å². The molecule has 1 N–H and O–H groups in total. The number of benzene rings is 3. The lowest BCUT2D eigenvalue weighted by Gasteiger charge is -2.35. The molecule has 0 bridgehead atoms. The molecule has 6 rings (SSSR count). The predicted octanol–water partition coefficient (Wildman–Crippen LogP) is 5.47. The maximum Gasteiger partial charge on any atom is 0.322 e. The number of urea groups is 1. The number of hydrogen-bond acceptors (Lipinski definition) is 6. The lowest BCUT2D eigenvalue weighted by Crippen LogP contribution is -2.45. The zero-order valence-corrected chi connectivity index (χ0v) is 19.9. The zero-order chi connectivity index (χ0) is 24.6. The van der Waals surface area contributed by atoms with Crippen LogP contribution in [0.5, 0.6) is 11.5 Å². The van der Waals surface area contributed by atoms with Gasteiger partial charge in [-0.2, -0.15) is 4.98 Å². The number of ether oxygens (including phenoxy) is 2. The molecular weight excluding hydrogens is 456 g/mol. The van der Waals surface area contributed by atoms with Crippen LogP contribution in [0.1, 0.15) is 35.5 Å². The minimum atomic E-state index is -0.433. The average Bonchev–Trinajstić information content (AvgIpc) is 3.57. The third kappa shape index (κ3) is 3.86. The summed E-state index contributed by atoms with van der Waals surface area (Å²) < 4.78 is 16.7. The number of aromatic nitrogens is 2. The Morgan fingerprint density at radius 3 is 2.58 bits per heavy atom. The van der Waals surface area contributed by atoms with Gasteiger partial charge in [0.1, 0.15) is 0 Å². The fourth-order valence-electron chi connectivity index (χ4n) is 4.59. The predicted molar refractivity (Wildman–Crippen MR) is 133 cm³/mol. The molecule has 1 aromatic heterocycles. The first-order chi connectivity index (χ1) is 17.6. The van der Waals surface area contributed by atoms with Crippen LogP contribution in [0.15, 0.2) is 83.0 Å². The lowest BCUT2D eigenvalue weighted by molar-refractivity contribution is 0.174. The highest BCUT2D eigenvalue weighted by Crippen LogP contribution is 2.39. The number of carbonyl (C=O) groups is 1. The summed E-state index contributed by atoms with van der Waals surface area (Å²) in [5, 5.41) is 7.39. The Balaban J connectivity index is 1.43. The number of nitrogens with one attached hydrogen (secondary N) is 1. The number of nitrogens with zero attached hydrogens (tertiary/aromatic N) is 3. The van der Waals surface area contributed by atoms with Crippen molar-refractivity contribution in [1.82, 2.24) is 20.4 Å². The first-order valence-electron chi connectivity index (χ1n) is 11.7. The van der Waals surface area contributed by atoms with E-state index in [2.05, 4.69) is 10.5 Å². The Hall–Kier alpha value is -4.59. The molecule has 3 aromatic carbocycles. The summed E-state index contributed by atoms with van der Waals surface area (Å²) >= 11 is 0. The van der Waals surface area contributed by atoms with Crippen molar-refractivity contribution in [2.45, 2.75) is 26.4 Å². The van der Waals surface area contributed by atoms with Crippen LogP contribution in [0, 0.1) is 6.92 Å². The molecule has 1 atom stereocenters. The van der Waals surface area contributed by atoms with Gasteiger partial charge in [0.2, 0.25) is 12.6 Å². The van der Waals surface area contributed by atoms with E-state index in [-0.39, 0.29) is 12.8 Å². The van der Waals surface area contributed by atoms with E-state index in [9.17, 15) is 4.79 Å². The quantitative estimate of drug-likeness (QED) is 0.407. The zero-order valence-electron chi connectivity index (χ0n) is 19.9. The third-order valence-corrected chi connectivity index (χ3v) is 6.61. The molecule has 0 saturated heterocycles. The van der Waals surface area contributed by atoms with Crippen molar-refractivity contribution >= 4 is 11.6 Å². The maximum atomic E-state index is 13.3. The van der Waals surface area contributed by atoms with Gasteiger partial charge in [-0.3, -0.25) is 4.90 Å². The van der Waals surface area contributed by atoms with E-state index in [0.717, 1.165) is 33.5 Å². The van der Waals surface area contributed by atoms with E-state index < -0.39 is 6.04 Å². The second kappa shape index (κ2) is 8.88. The second-order valence-electron chi connectivity index (χ2n) is 8.80. The highest BCUT2D eigenvalue weighted by atomic mass is 16.7. The van der Waals surface area contributed by atoms with Crippen LogP contribution in [0.3, 0.4) is 0 Å². The molecule has 4 aromatic rings. The van der Waals surface area contributed by atoms with Gasteiger partial charge in [-0.05, 0) is 48.7 Å². The SMILES string of the molecule is CC1=C(c2nc(-c3ccc4c(c3)OCO4)no2)C(c2ccccc2)NC(=O)N1Cc1ccccc1C. The summed E-state index contributed by atoms with van der Waals surface area (Å²) in [7, 11) is 0. The lowest BCUT2D eigenvalue weighted by atomic mass is 9.94. The number of rotatable bonds is 5. The largest absolute Gasteiger partial charge is 0.454 e. The monoisotopic (exact) mass is 480 g/mol. The smallest absolute Gasteiger partial charge is 0.322 e. The first-order valence-corrected chi connectivity index (χ1v) is 11.7. The van der Waals surface area contributed by atoms with Crippen LogP contribution >= 0.6 is 0 Å². The summed E-state index contributed by atoms with van der Waals surface area (Å²) in [4.78, 5) is 19.8. The topological polar surface area (TPSA) is 89.7 Å². The minimum absolute atomic E-state index is 0.177. The second-order valence-corrected chi connectivity index (χ2v) is 8.80. The van der Waals surface area contributed by atoms with Gasteiger partial charge in [-0.25, -0.2) is 4.79 Å². The molecule has 2 aliphatic heterocycles. The molecule has 2 amide bonds. The highest BCUT2D eigenvalue weighted by molar-refractivity contribution is 5.87. The van der Waals surface area contributed by atoms with Gasteiger partial charge < -0.3 is 19.3 Å². The Kier molecular flexibility index (Phi) is 5.41. The van der Waals surface area contributed by atoms with Crippen LogP contribution in [-0.4, -0.2) is 27.9 Å². The van der Waals surface area contributed by atoms with Crippen LogP contribution < -0.4 is 14.8 Å².